The lowest BCUT2D eigenvalue weighted by atomic mass is 9.99. The molecule has 1 aromatic heterocycles. The van der Waals surface area contributed by atoms with Crippen molar-refractivity contribution in [2.45, 2.75) is 13.1 Å². The molecule has 11 heteroatoms. The Morgan fingerprint density at radius 2 is 1.68 bits per heavy atom. The number of aromatic nitrogens is 2. The van der Waals surface area contributed by atoms with Crippen molar-refractivity contribution in [1.29, 1.82) is 0 Å². The first-order valence-electron chi connectivity index (χ1n) is 15.9. The summed E-state index contributed by atoms with van der Waals surface area (Å²) in [5.41, 5.74) is 5.87. The summed E-state index contributed by atoms with van der Waals surface area (Å²) in [6, 6.07) is 26.8. The Morgan fingerprint density at radius 3 is 2.42 bits per heavy atom. The number of benzene rings is 4. The highest BCUT2D eigenvalue weighted by Gasteiger charge is 2.28. The van der Waals surface area contributed by atoms with Crippen LogP contribution in [0.15, 0.2) is 114 Å². The topological polar surface area (TPSA) is 108 Å². The molecule has 2 amide bonds. The smallest absolute Gasteiger partial charge is 0.266 e. The second-order valence-electron chi connectivity index (χ2n) is 12.0. The summed E-state index contributed by atoms with van der Waals surface area (Å²) >= 11 is 0. The van der Waals surface area contributed by atoms with Gasteiger partial charge in [-0.15, -0.1) is 0 Å². The lowest BCUT2D eigenvalue weighted by Crippen LogP contribution is -2.33. The SMILES string of the molecule is CN(C)Cc1ccc(NC(=C2C(=O)Nc3cc(C=CCNC(=O)c4cncn(Cc5ccc(F)c(F)c5)c4=O)ccc32)c2ccccc2)cc1. The standard InChI is InChI=1S/C39H34F2N6O3/c1-46(2)22-26-10-14-29(15-11-26)44-36(28-8-4-3-5-9-28)35-30-16-12-25(20-34(30)45-38(35)49)7-6-18-43-37(48)31-21-42-24-47(39(31)50)23-27-13-17-32(40)33(41)19-27/h3-17,19-21,24,44H,18,22-23H2,1-2H3,(H,43,48)(H,45,49). The summed E-state index contributed by atoms with van der Waals surface area (Å²) < 4.78 is 28.1. The van der Waals surface area contributed by atoms with Gasteiger partial charge in [0.05, 0.1) is 24.1 Å². The monoisotopic (exact) mass is 672 g/mol. The molecule has 0 aliphatic carbocycles. The van der Waals surface area contributed by atoms with E-state index in [0.717, 1.165) is 51.8 Å². The molecule has 0 unspecified atom stereocenters. The number of rotatable bonds is 11. The largest absolute Gasteiger partial charge is 0.354 e. The van der Waals surface area contributed by atoms with Crippen molar-refractivity contribution < 1.29 is 18.4 Å². The van der Waals surface area contributed by atoms with Gasteiger partial charge in [0, 0.05) is 36.2 Å². The summed E-state index contributed by atoms with van der Waals surface area (Å²) in [7, 11) is 4.04. The van der Waals surface area contributed by atoms with Crippen molar-refractivity contribution in [1.82, 2.24) is 19.8 Å². The number of carbonyl (C=O) groups excluding carboxylic acids is 2. The van der Waals surface area contributed by atoms with Gasteiger partial charge in [0.25, 0.3) is 17.4 Å². The van der Waals surface area contributed by atoms with Crippen LogP contribution in [0.3, 0.4) is 0 Å². The number of hydrogen-bond donors (Lipinski definition) is 3. The first kappa shape index (κ1) is 33.7. The fraction of sp³-hybridized carbons (Fsp3) is 0.128. The normalized spacial score (nSPS) is 13.3. The number of fused-ring (bicyclic) bond motifs is 1. The molecule has 0 spiro atoms. The van der Waals surface area contributed by atoms with Gasteiger partial charge in [0.15, 0.2) is 11.6 Å². The summed E-state index contributed by atoms with van der Waals surface area (Å²) in [6.45, 7) is 0.852. The summed E-state index contributed by atoms with van der Waals surface area (Å²) in [6.07, 6.45) is 5.91. The van der Waals surface area contributed by atoms with Crippen LogP contribution < -0.4 is 21.5 Å². The van der Waals surface area contributed by atoms with E-state index in [2.05, 4.69) is 38.0 Å². The Balaban J connectivity index is 1.16. The van der Waals surface area contributed by atoms with E-state index in [1.54, 1.807) is 12.2 Å². The van der Waals surface area contributed by atoms with Gasteiger partial charge in [-0.3, -0.25) is 19.0 Å². The Labute approximate surface area is 287 Å². The zero-order chi connectivity index (χ0) is 35.2. The second-order valence-corrected chi connectivity index (χ2v) is 12.0. The molecule has 2 heterocycles. The molecule has 5 aromatic rings. The van der Waals surface area contributed by atoms with E-state index in [1.807, 2.05) is 74.8 Å². The second kappa shape index (κ2) is 14.9. The van der Waals surface area contributed by atoms with E-state index >= 15 is 0 Å². The van der Waals surface area contributed by atoms with Crippen LogP contribution in [0.1, 0.15) is 38.2 Å². The summed E-state index contributed by atoms with van der Waals surface area (Å²) in [4.78, 5) is 45.2. The van der Waals surface area contributed by atoms with Crippen molar-refractivity contribution in [2.75, 3.05) is 31.3 Å². The minimum atomic E-state index is -1.03. The number of carbonyl (C=O) groups is 2. The molecule has 0 bridgehead atoms. The minimum Gasteiger partial charge on any atom is -0.354 e. The number of amides is 2. The van der Waals surface area contributed by atoms with Crippen molar-refractivity contribution in [2.24, 2.45) is 0 Å². The zero-order valence-electron chi connectivity index (χ0n) is 27.4. The number of anilines is 2. The van der Waals surface area contributed by atoms with Crippen LogP contribution in [0.25, 0.3) is 17.3 Å². The molecule has 9 nitrogen and oxygen atoms in total. The molecule has 6 rings (SSSR count). The van der Waals surface area contributed by atoms with Gasteiger partial charge in [0.1, 0.15) is 5.56 Å². The average molecular weight is 673 g/mol. The van der Waals surface area contributed by atoms with Crippen molar-refractivity contribution >= 4 is 40.5 Å². The van der Waals surface area contributed by atoms with E-state index in [9.17, 15) is 23.2 Å². The Bertz CT molecular complexity index is 2180. The van der Waals surface area contributed by atoms with E-state index in [1.165, 1.54) is 18.0 Å². The first-order chi connectivity index (χ1) is 24.2. The molecule has 0 saturated carbocycles. The molecule has 0 saturated heterocycles. The fourth-order valence-corrected chi connectivity index (χ4v) is 5.62. The number of nitrogens with zero attached hydrogens (tertiary/aromatic N) is 3. The van der Waals surface area contributed by atoms with Crippen LogP contribution in [-0.4, -0.2) is 46.9 Å². The minimum absolute atomic E-state index is 0.0805. The molecular weight excluding hydrogens is 638 g/mol. The number of hydrogen-bond acceptors (Lipinski definition) is 6. The highest BCUT2D eigenvalue weighted by Crippen LogP contribution is 2.38. The maximum absolute atomic E-state index is 13.6. The Kier molecular flexibility index (Phi) is 10.1. The van der Waals surface area contributed by atoms with Gasteiger partial charge in [-0.05, 0) is 66.7 Å². The van der Waals surface area contributed by atoms with Gasteiger partial charge < -0.3 is 20.9 Å². The molecule has 0 radical (unpaired) electrons. The third-order valence-electron chi connectivity index (χ3n) is 8.00. The van der Waals surface area contributed by atoms with Gasteiger partial charge >= 0.3 is 0 Å². The maximum Gasteiger partial charge on any atom is 0.266 e. The lowest BCUT2D eigenvalue weighted by Gasteiger charge is -2.16. The molecule has 1 aliphatic heterocycles. The first-order valence-corrected chi connectivity index (χ1v) is 15.9. The highest BCUT2D eigenvalue weighted by molar-refractivity contribution is 6.37. The van der Waals surface area contributed by atoms with Crippen LogP contribution in [0.4, 0.5) is 20.2 Å². The maximum atomic E-state index is 13.6. The van der Waals surface area contributed by atoms with Crippen LogP contribution in [0.2, 0.25) is 0 Å². The quantitative estimate of drug-likeness (QED) is 0.149. The zero-order valence-corrected chi connectivity index (χ0v) is 27.4. The van der Waals surface area contributed by atoms with Gasteiger partial charge in [-0.25, -0.2) is 13.8 Å². The van der Waals surface area contributed by atoms with E-state index in [4.69, 9.17) is 0 Å². The summed E-state index contributed by atoms with van der Waals surface area (Å²) in [5.74, 6) is -2.88. The van der Waals surface area contributed by atoms with Crippen LogP contribution in [0.5, 0.6) is 0 Å². The fourth-order valence-electron chi connectivity index (χ4n) is 5.62. The third-order valence-corrected chi connectivity index (χ3v) is 8.00. The molecule has 3 N–H and O–H groups in total. The van der Waals surface area contributed by atoms with Crippen LogP contribution in [-0.2, 0) is 17.9 Å². The molecule has 0 atom stereocenters. The Hall–Kier alpha value is -6.20. The van der Waals surface area contributed by atoms with Crippen molar-refractivity contribution in [3.05, 3.63) is 165 Å². The van der Waals surface area contributed by atoms with E-state index < -0.39 is 23.1 Å². The van der Waals surface area contributed by atoms with Gasteiger partial charge in [-0.2, -0.15) is 0 Å². The molecule has 50 heavy (non-hydrogen) atoms. The molecule has 1 aliphatic rings. The molecule has 252 valence electrons. The predicted molar refractivity (Wildman–Crippen MR) is 191 cm³/mol. The third kappa shape index (κ3) is 7.74. The highest BCUT2D eigenvalue weighted by atomic mass is 19.2. The molecule has 4 aromatic carbocycles. The van der Waals surface area contributed by atoms with Crippen molar-refractivity contribution in [3.63, 3.8) is 0 Å². The number of nitrogens with one attached hydrogen (secondary N) is 3. The molecular formula is C39H34F2N6O3. The number of halogens is 2. The summed E-state index contributed by atoms with van der Waals surface area (Å²) in [5, 5.41) is 9.15. The van der Waals surface area contributed by atoms with E-state index in [-0.39, 0.29) is 24.6 Å². The van der Waals surface area contributed by atoms with Gasteiger partial charge in [-0.1, -0.05) is 72.8 Å². The molecule has 0 fully saturated rings. The predicted octanol–water partition coefficient (Wildman–Crippen LogP) is 6.01. The average Bonchev–Trinajstić information content (AvgIpc) is 3.43. The van der Waals surface area contributed by atoms with Crippen molar-refractivity contribution in [3.8, 4) is 0 Å². The Morgan fingerprint density at radius 1 is 0.920 bits per heavy atom. The lowest BCUT2D eigenvalue weighted by molar-refractivity contribution is -0.110. The van der Waals surface area contributed by atoms with E-state index in [0.29, 0.717) is 22.5 Å². The van der Waals surface area contributed by atoms with Crippen LogP contribution >= 0.6 is 0 Å². The van der Waals surface area contributed by atoms with Crippen LogP contribution in [0, 0.1) is 11.6 Å². The van der Waals surface area contributed by atoms with Gasteiger partial charge in [0.2, 0.25) is 0 Å².